The predicted molar refractivity (Wildman–Crippen MR) is 50.0 cm³/mol. The molecule has 0 aromatic heterocycles. The molecule has 0 aliphatic carbocycles. The molecule has 2 aliphatic heterocycles. The van der Waals surface area contributed by atoms with Crippen molar-refractivity contribution in [3.05, 3.63) is 35.8 Å². The summed E-state index contributed by atoms with van der Waals surface area (Å²) in [5, 5.41) is 3.19. The highest BCUT2D eigenvalue weighted by molar-refractivity contribution is 5.36. The van der Waals surface area contributed by atoms with Crippen molar-refractivity contribution in [2.24, 2.45) is 5.92 Å². The highest BCUT2D eigenvalue weighted by atomic mass is 15.3. The molecule has 0 aromatic carbocycles. The van der Waals surface area contributed by atoms with E-state index < -0.39 is 0 Å². The molecule has 0 bridgehead atoms. The van der Waals surface area contributed by atoms with Gasteiger partial charge < -0.3 is 10.2 Å². The van der Waals surface area contributed by atoms with Gasteiger partial charge in [-0.05, 0) is 17.6 Å². The molecule has 2 heterocycles. The third-order valence-electron chi connectivity index (χ3n) is 2.26. The maximum atomic E-state index is 3.19. The van der Waals surface area contributed by atoms with Crippen LogP contribution in [0.25, 0.3) is 0 Å². The van der Waals surface area contributed by atoms with Crippen LogP contribution in [0.15, 0.2) is 35.8 Å². The van der Waals surface area contributed by atoms with Crippen LogP contribution in [-0.4, -0.2) is 11.6 Å². The lowest BCUT2D eigenvalue weighted by molar-refractivity contribution is 0.487. The Morgan fingerprint density at radius 2 is 2.25 bits per heavy atom. The highest BCUT2D eigenvalue weighted by Gasteiger charge is 2.15. The first-order valence-corrected chi connectivity index (χ1v) is 4.37. The number of fused-ring (bicyclic) bond motifs is 1. The Morgan fingerprint density at radius 3 is 3.00 bits per heavy atom. The molecule has 1 N–H and O–H groups in total. The van der Waals surface area contributed by atoms with E-state index in [9.17, 15) is 0 Å². The molecule has 0 spiro atoms. The minimum absolute atomic E-state index is 0.614. The number of hydrogen-bond donors (Lipinski definition) is 1. The zero-order valence-corrected chi connectivity index (χ0v) is 7.54. The summed E-state index contributed by atoms with van der Waals surface area (Å²) in [6, 6.07) is 0. The van der Waals surface area contributed by atoms with E-state index in [1.807, 2.05) is 6.20 Å². The Morgan fingerprint density at radius 1 is 1.42 bits per heavy atom. The van der Waals surface area contributed by atoms with E-state index in [0.717, 1.165) is 6.67 Å². The normalized spacial score (nSPS) is 20.4. The van der Waals surface area contributed by atoms with Crippen molar-refractivity contribution in [3.8, 4) is 0 Å². The summed E-state index contributed by atoms with van der Waals surface area (Å²) in [7, 11) is 0. The van der Waals surface area contributed by atoms with E-state index in [4.69, 9.17) is 0 Å². The second-order valence-corrected chi connectivity index (χ2v) is 3.52. The van der Waals surface area contributed by atoms with Gasteiger partial charge in [0.1, 0.15) is 0 Å². The largest absolute Gasteiger partial charge is 0.372 e. The monoisotopic (exact) mass is 162 g/mol. The Hall–Kier alpha value is -1.18. The van der Waals surface area contributed by atoms with Crippen LogP contribution in [0, 0.1) is 5.92 Å². The molecule has 64 valence electrons. The van der Waals surface area contributed by atoms with Gasteiger partial charge in [0.2, 0.25) is 0 Å². The summed E-state index contributed by atoms with van der Waals surface area (Å²) in [5.41, 5.74) is 2.66. The van der Waals surface area contributed by atoms with Crippen LogP contribution >= 0.6 is 0 Å². The summed E-state index contributed by atoms with van der Waals surface area (Å²) in [4.78, 5) is 2.23. The molecule has 12 heavy (non-hydrogen) atoms. The van der Waals surface area contributed by atoms with Crippen LogP contribution in [0.1, 0.15) is 13.8 Å². The number of nitrogens with one attached hydrogen (secondary N) is 1. The van der Waals surface area contributed by atoms with Gasteiger partial charge in [-0.25, -0.2) is 0 Å². The molecule has 2 rings (SSSR count). The fourth-order valence-electron chi connectivity index (χ4n) is 1.43. The maximum absolute atomic E-state index is 3.19. The molecule has 0 saturated heterocycles. The minimum Gasteiger partial charge on any atom is -0.372 e. The molecule has 2 aliphatic rings. The van der Waals surface area contributed by atoms with Crippen LogP contribution < -0.4 is 5.32 Å². The van der Waals surface area contributed by atoms with E-state index in [0.29, 0.717) is 5.92 Å². The maximum Gasteiger partial charge on any atom is 0.0916 e. The van der Waals surface area contributed by atoms with Crippen molar-refractivity contribution in [3.63, 3.8) is 0 Å². The molecule has 0 atom stereocenters. The molecule has 0 amide bonds. The van der Waals surface area contributed by atoms with E-state index >= 15 is 0 Å². The summed E-state index contributed by atoms with van der Waals surface area (Å²) < 4.78 is 0. The zero-order valence-electron chi connectivity index (χ0n) is 7.54. The van der Waals surface area contributed by atoms with E-state index in [-0.39, 0.29) is 0 Å². The fraction of sp³-hybridized carbons (Fsp3) is 0.400. The van der Waals surface area contributed by atoms with Crippen molar-refractivity contribution in [1.29, 1.82) is 0 Å². The van der Waals surface area contributed by atoms with Gasteiger partial charge in [-0.2, -0.15) is 0 Å². The van der Waals surface area contributed by atoms with Crippen molar-refractivity contribution >= 4 is 0 Å². The molecule has 2 heteroatoms. The number of nitrogens with zero attached hydrogens (tertiary/aromatic N) is 1. The third-order valence-corrected chi connectivity index (χ3v) is 2.26. The molecular weight excluding hydrogens is 148 g/mol. The van der Waals surface area contributed by atoms with Gasteiger partial charge in [0.15, 0.2) is 0 Å². The first kappa shape index (κ1) is 7.47. The minimum atomic E-state index is 0.614. The summed E-state index contributed by atoms with van der Waals surface area (Å²) in [6.07, 6.45) is 8.62. The van der Waals surface area contributed by atoms with E-state index in [2.05, 4.69) is 42.4 Å². The van der Waals surface area contributed by atoms with Gasteiger partial charge in [-0.1, -0.05) is 19.9 Å². The lowest BCUT2D eigenvalue weighted by Gasteiger charge is -2.21. The molecule has 0 fully saturated rings. The molecule has 2 nitrogen and oxygen atoms in total. The SMILES string of the molecule is CC(C)C1=CN2CNC=C2C=C1. The van der Waals surface area contributed by atoms with Crippen LogP contribution in [-0.2, 0) is 0 Å². The smallest absolute Gasteiger partial charge is 0.0916 e. The lowest BCUT2D eigenvalue weighted by Crippen LogP contribution is -2.20. The first-order valence-electron chi connectivity index (χ1n) is 4.37. The highest BCUT2D eigenvalue weighted by Crippen LogP contribution is 2.22. The lowest BCUT2D eigenvalue weighted by atomic mass is 10.0. The second kappa shape index (κ2) is 2.70. The van der Waals surface area contributed by atoms with Gasteiger partial charge in [0.05, 0.1) is 12.4 Å². The second-order valence-electron chi connectivity index (χ2n) is 3.52. The quantitative estimate of drug-likeness (QED) is 0.632. The Balaban J connectivity index is 2.23. The van der Waals surface area contributed by atoms with Gasteiger partial charge in [-0.15, -0.1) is 0 Å². The topological polar surface area (TPSA) is 15.3 Å². The Labute approximate surface area is 73.3 Å². The van der Waals surface area contributed by atoms with Crippen LogP contribution in [0.2, 0.25) is 0 Å². The molecule has 0 radical (unpaired) electrons. The molecule has 0 aromatic rings. The molecular formula is C10H14N2. The van der Waals surface area contributed by atoms with Crippen LogP contribution in [0.3, 0.4) is 0 Å². The third kappa shape index (κ3) is 1.13. The van der Waals surface area contributed by atoms with Crippen molar-refractivity contribution < 1.29 is 0 Å². The van der Waals surface area contributed by atoms with Gasteiger partial charge in [0.25, 0.3) is 0 Å². The fourth-order valence-corrected chi connectivity index (χ4v) is 1.43. The standard InChI is InChI=1S/C10H14N2/c1-8(2)9-3-4-10-5-11-7-12(10)6-9/h3-6,8,11H,7H2,1-2H3. The zero-order chi connectivity index (χ0) is 8.55. The number of allylic oxidation sites excluding steroid dienone is 3. The van der Waals surface area contributed by atoms with Crippen LogP contribution in [0.5, 0.6) is 0 Å². The van der Waals surface area contributed by atoms with Crippen molar-refractivity contribution in [2.45, 2.75) is 13.8 Å². The first-order chi connectivity index (χ1) is 5.77. The Bertz CT molecular complexity index is 272. The van der Waals surface area contributed by atoms with E-state index in [1.165, 1.54) is 11.3 Å². The van der Waals surface area contributed by atoms with Gasteiger partial charge in [0, 0.05) is 12.4 Å². The summed E-state index contributed by atoms with van der Waals surface area (Å²) in [6.45, 7) is 5.35. The van der Waals surface area contributed by atoms with Crippen molar-refractivity contribution in [1.82, 2.24) is 10.2 Å². The molecule has 0 unspecified atom stereocenters. The van der Waals surface area contributed by atoms with E-state index in [1.54, 1.807) is 0 Å². The average molecular weight is 162 g/mol. The van der Waals surface area contributed by atoms with Crippen molar-refractivity contribution in [2.75, 3.05) is 6.67 Å². The number of rotatable bonds is 1. The number of hydrogen-bond acceptors (Lipinski definition) is 2. The summed E-state index contributed by atoms with van der Waals surface area (Å²) >= 11 is 0. The van der Waals surface area contributed by atoms with Gasteiger partial charge in [-0.3, -0.25) is 0 Å². The molecule has 0 saturated carbocycles. The van der Waals surface area contributed by atoms with Gasteiger partial charge >= 0.3 is 0 Å². The average Bonchev–Trinajstić information content (AvgIpc) is 2.49. The van der Waals surface area contributed by atoms with Crippen LogP contribution in [0.4, 0.5) is 0 Å². The predicted octanol–water partition coefficient (Wildman–Crippen LogP) is 1.80. The summed E-state index contributed by atoms with van der Waals surface area (Å²) in [5.74, 6) is 0.614. The Kier molecular flexibility index (Phi) is 1.68.